The number of amides is 3. The molecule has 2 aliphatic rings. The normalized spacial score (nSPS) is 28.7. The summed E-state index contributed by atoms with van der Waals surface area (Å²) in [6.07, 6.45) is 5.10. The minimum absolute atomic E-state index is 0.145. The number of cyclic esters (lactones) is 1. The summed E-state index contributed by atoms with van der Waals surface area (Å²) in [6, 6.07) is 8.02. The third kappa shape index (κ3) is 7.06. The molecule has 232 valence electrons. The smallest absolute Gasteiger partial charge is 0.316 e. The number of carbonyl (C=O) groups is 4. The fourth-order valence-corrected chi connectivity index (χ4v) is 5.63. The zero-order valence-corrected chi connectivity index (χ0v) is 26.3. The Balaban J connectivity index is 1.77. The van der Waals surface area contributed by atoms with Gasteiger partial charge in [-0.25, -0.2) is 5.43 Å². The monoisotopic (exact) mass is 591 g/mol. The van der Waals surface area contributed by atoms with Crippen LogP contribution in [0.25, 0.3) is 17.0 Å². The van der Waals surface area contributed by atoms with Gasteiger partial charge in [-0.15, -0.1) is 0 Å². The molecule has 2 N–H and O–H groups in total. The van der Waals surface area contributed by atoms with Crippen LogP contribution >= 0.6 is 0 Å². The minimum atomic E-state index is -1.08. The molecule has 0 spiro atoms. The fraction of sp³-hybridized carbons (Fsp3) is 0.545. The van der Waals surface area contributed by atoms with Crippen molar-refractivity contribution >= 4 is 40.7 Å². The Hall–Kier alpha value is -3.79. The highest BCUT2D eigenvalue weighted by Crippen LogP contribution is 2.30. The van der Waals surface area contributed by atoms with Crippen molar-refractivity contribution in [2.24, 2.45) is 11.3 Å². The predicted molar refractivity (Wildman–Crippen MR) is 165 cm³/mol. The lowest BCUT2D eigenvalue weighted by atomic mass is 9.84. The van der Waals surface area contributed by atoms with Gasteiger partial charge >= 0.3 is 5.97 Å². The lowest BCUT2D eigenvalue weighted by Gasteiger charge is -2.37. The second kappa shape index (κ2) is 13.2. The Bertz CT molecular complexity index is 1410. The molecule has 4 rings (SSSR count). The number of aromatic nitrogens is 1. The van der Waals surface area contributed by atoms with Crippen molar-refractivity contribution in [2.75, 3.05) is 13.6 Å². The van der Waals surface area contributed by atoms with Crippen molar-refractivity contribution in [3.8, 4) is 0 Å². The van der Waals surface area contributed by atoms with Crippen molar-refractivity contribution < 1.29 is 23.9 Å². The van der Waals surface area contributed by atoms with E-state index in [0.717, 1.165) is 28.6 Å². The second-order valence-electron chi connectivity index (χ2n) is 12.4. The first kappa shape index (κ1) is 32.1. The number of nitrogens with one attached hydrogen (secondary N) is 2. The van der Waals surface area contributed by atoms with Crippen molar-refractivity contribution in [3.05, 3.63) is 47.7 Å². The molecule has 2 aliphatic heterocycles. The zero-order chi connectivity index (χ0) is 31.5. The van der Waals surface area contributed by atoms with Gasteiger partial charge in [0.15, 0.2) is 6.10 Å². The van der Waals surface area contributed by atoms with Crippen LogP contribution in [0, 0.1) is 11.3 Å². The van der Waals surface area contributed by atoms with E-state index >= 15 is 0 Å². The molecule has 1 aromatic carbocycles. The second-order valence-corrected chi connectivity index (χ2v) is 12.4. The third-order valence-electron chi connectivity index (χ3n) is 8.55. The van der Waals surface area contributed by atoms with E-state index in [9.17, 15) is 19.2 Å². The zero-order valence-electron chi connectivity index (χ0n) is 26.3. The average Bonchev–Trinajstić information content (AvgIpc) is 3.00. The van der Waals surface area contributed by atoms with Crippen LogP contribution in [0.15, 0.2) is 36.4 Å². The molecular weight excluding hydrogens is 546 g/mol. The van der Waals surface area contributed by atoms with E-state index in [1.165, 1.54) is 5.01 Å². The van der Waals surface area contributed by atoms with E-state index in [2.05, 4.69) is 10.7 Å². The Labute approximate surface area is 254 Å². The van der Waals surface area contributed by atoms with Crippen LogP contribution in [-0.4, -0.2) is 70.4 Å². The Morgan fingerprint density at radius 1 is 1.09 bits per heavy atom. The number of rotatable bonds is 3. The van der Waals surface area contributed by atoms with Gasteiger partial charge in [-0.05, 0) is 63.6 Å². The van der Waals surface area contributed by atoms with Crippen LogP contribution in [0.3, 0.4) is 0 Å². The van der Waals surface area contributed by atoms with Gasteiger partial charge < -0.3 is 15.0 Å². The van der Waals surface area contributed by atoms with Crippen molar-refractivity contribution in [1.29, 1.82) is 0 Å². The van der Waals surface area contributed by atoms with E-state index in [0.29, 0.717) is 25.8 Å². The first-order valence-corrected chi connectivity index (χ1v) is 15.3. The van der Waals surface area contributed by atoms with Crippen LogP contribution in [0.4, 0.5) is 0 Å². The maximum absolute atomic E-state index is 13.6. The fourth-order valence-electron chi connectivity index (χ4n) is 5.63. The van der Waals surface area contributed by atoms with Gasteiger partial charge in [0, 0.05) is 19.0 Å². The molecule has 3 amide bonds. The molecule has 43 heavy (non-hydrogen) atoms. The maximum Gasteiger partial charge on any atom is 0.316 e. The van der Waals surface area contributed by atoms with E-state index in [1.807, 2.05) is 63.3 Å². The molecule has 10 nitrogen and oxygen atoms in total. The van der Waals surface area contributed by atoms with Gasteiger partial charge in [0.05, 0.1) is 22.7 Å². The summed E-state index contributed by atoms with van der Waals surface area (Å²) in [5.41, 5.74) is 4.50. The van der Waals surface area contributed by atoms with E-state index < -0.39 is 35.5 Å². The number of fused-ring (bicyclic) bond motifs is 4. The number of benzene rings is 1. The molecule has 1 fully saturated rings. The standard InChI is InChI=1S/C33H45N5O5/c1-8-16-33(6)17-15-23-11-12-24-13-14-25(35-27(24)19-23)22(5)37(7)31(41)26-10-9-18-38(36-26)30(40)21(4)34-29(39)28(20(2)3)43-32(33)42/h11-15,17,19-22,26,28,36H,8-10,16,18H2,1-7H3,(H,34,39)/b17-15+/t21-,22+,26-,28?,33+/m0/s1. The Morgan fingerprint density at radius 2 is 1.81 bits per heavy atom. The summed E-state index contributed by atoms with van der Waals surface area (Å²) in [6.45, 7) is 11.3. The molecule has 1 aromatic heterocycles. The van der Waals surface area contributed by atoms with Crippen LogP contribution in [0.5, 0.6) is 0 Å². The average molecular weight is 592 g/mol. The molecule has 1 saturated heterocycles. The molecule has 0 radical (unpaired) electrons. The quantitative estimate of drug-likeness (QED) is 0.515. The van der Waals surface area contributed by atoms with E-state index in [4.69, 9.17) is 9.72 Å². The number of esters is 1. The summed E-state index contributed by atoms with van der Waals surface area (Å²) in [5.74, 6) is -1.87. The SMILES string of the molecule is CCC[C@]1(C)/C=C/c2ccc3ccc(nc3c2)[C@@H](C)N(C)C(=O)[C@@H]2CCCN(N2)C(=O)[C@H](C)NC(=O)C(C(C)C)OC1=O. The Morgan fingerprint density at radius 3 is 2.51 bits per heavy atom. The number of ether oxygens (including phenoxy) is 1. The first-order chi connectivity index (χ1) is 20.3. The summed E-state index contributed by atoms with van der Waals surface area (Å²) in [4.78, 5) is 60.4. The van der Waals surface area contributed by atoms with Crippen LogP contribution in [0.1, 0.15) is 84.5 Å². The molecule has 2 aromatic rings. The van der Waals surface area contributed by atoms with Gasteiger partial charge in [-0.2, -0.15) is 0 Å². The lowest BCUT2D eigenvalue weighted by Crippen LogP contribution is -2.61. The lowest BCUT2D eigenvalue weighted by molar-refractivity contribution is -0.166. The van der Waals surface area contributed by atoms with Crippen LogP contribution in [0.2, 0.25) is 0 Å². The number of hydrogen-bond donors (Lipinski definition) is 2. The number of likely N-dealkylation sites (N-methyl/N-ethyl adjacent to an activating group) is 1. The number of pyridine rings is 1. The van der Waals surface area contributed by atoms with Crippen molar-refractivity contribution in [3.63, 3.8) is 0 Å². The van der Waals surface area contributed by atoms with Gasteiger partial charge in [0.25, 0.3) is 11.8 Å². The van der Waals surface area contributed by atoms with Crippen LogP contribution < -0.4 is 10.7 Å². The van der Waals surface area contributed by atoms with Crippen molar-refractivity contribution in [2.45, 2.75) is 91.5 Å². The number of carbonyl (C=O) groups excluding carboxylic acids is 4. The van der Waals surface area contributed by atoms with Gasteiger partial charge in [0.2, 0.25) is 5.91 Å². The molecule has 0 saturated carbocycles. The first-order valence-electron chi connectivity index (χ1n) is 15.3. The summed E-state index contributed by atoms with van der Waals surface area (Å²) in [7, 11) is 1.75. The summed E-state index contributed by atoms with van der Waals surface area (Å²) >= 11 is 0. The topological polar surface area (TPSA) is 121 Å². The van der Waals surface area contributed by atoms with E-state index in [1.54, 1.807) is 32.7 Å². The third-order valence-corrected chi connectivity index (χ3v) is 8.55. The maximum atomic E-state index is 13.6. The van der Waals surface area contributed by atoms with Crippen molar-refractivity contribution in [1.82, 2.24) is 25.6 Å². The van der Waals surface area contributed by atoms with Crippen LogP contribution in [-0.2, 0) is 23.9 Å². The van der Waals surface area contributed by atoms with Gasteiger partial charge in [0.1, 0.15) is 12.1 Å². The largest absolute Gasteiger partial charge is 0.451 e. The molecular formula is C33H45N5O5. The van der Waals surface area contributed by atoms with E-state index in [-0.39, 0.29) is 23.8 Å². The molecule has 5 bridgehead atoms. The van der Waals surface area contributed by atoms with Gasteiger partial charge in [-0.3, -0.25) is 29.2 Å². The summed E-state index contributed by atoms with van der Waals surface area (Å²) in [5, 5.41) is 5.11. The number of hydrazine groups is 1. The minimum Gasteiger partial charge on any atom is -0.451 e. The highest BCUT2D eigenvalue weighted by molar-refractivity contribution is 5.91. The highest BCUT2D eigenvalue weighted by Gasteiger charge is 2.38. The Kier molecular flexibility index (Phi) is 9.89. The molecule has 1 unspecified atom stereocenters. The highest BCUT2D eigenvalue weighted by atomic mass is 16.5. The molecule has 3 heterocycles. The molecule has 5 atom stereocenters. The molecule has 10 heteroatoms. The van der Waals surface area contributed by atoms with Gasteiger partial charge in [-0.1, -0.05) is 57.5 Å². The predicted octanol–water partition coefficient (Wildman–Crippen LogP) is 4.16. The number of hydrogen-bond acceptors (Lipinski definition) is 7. The molecule has 0 aliphatic carbocycles. The summed E-state index contributed by atoms with van der Waals surface area (Å²) < 4.78 is 5.87. The number of nitrogens with zero attached hydrogens (tertiary/aromatic N) is 3.